The first kappa shape index (κ1) is 20.5. The Balaban J connectivity index is 1.32. The molecule has 4 aromatic rings. The summed E-state index contributed by atoms with van der Waals surface area (Å²) < 4.78 is 1.69. The van der Waals surface area contributed by atoms with Crippen molar-refractivity contribution in [3.8, 4) is 0 Å². The molecule has 158 valence electrons. The molecule has 0 aliphatic heterocycles. The fourth-order valence-electron chi connectivity index (χ4n) is 3.26. The van der Waals surface area contributed by atoms with Gasteiger partial charge in [-0.1, -0.05) is 43.3 Å². The van der Waals surface area contributed by atoms with Crippen LogP contribution in [-0.4, -0.2) is 37.2 Å². The summed E-state index contributed by atoms with van der Waals surface area (Å²) in [7, 11) is 0. The predicted octanol–water partition coefficient (Wildman–Crippen LogP) is 2.98. The number of hydrogen-bond donors (Lipinski definition) is 2. The fraction of sp³-hybridized carbons (Fsp3) is 0.261. The van der Waals surface area contributed by atoms with E-state index in [1.54, 1.807) is 10.7 Å². The second-order valence-corrected chi connectivity index (χ2v) is 7.44. The number of anilines is 1. The first-order valence-corrected chi connectivity index (χ1v) is 10.3. The van der Waals surface area contributed by atoms with Gasteiger partial charge in [0.1, 0.15) is 5.82 Å². The number of aryl methyl sites for hydroxylation is 1. The Hall–Kier alpha value is -3.81. The van der Waals surface area contributed by atoms with Crippen molar-refractivity contribution in [2.45, 2.75) is 32.2 Å². The van der Waals surface area contributed by atoms with E-state index in [0.29, 0.717) is 43.2 Å². The lowest BCUT2D eigenvalue weighted by Crippen LogP contribution is -2.27. The number of carbonyl (C=O) groups excluding carboxylic acids is 1. The molecule has 0 fully saturated rings. The molecular weight excluding hydrogens is 390 g/mol. The number of amides is 1. The highest BCUT2D eigenvalue weighted by atomic mass is 16.1. The number of rotatable bonds is 9. The summed E-state index contributed by atoms with van der Waals surface area (Å²) >= 11 is 0. The Labute approximate surface area is 180 Å². The summed E-state index contributed by atoms with van der Waals surface area (Å²) in [4.78, 5) is 16.4. The van der Waals surface area contributed by atoms with E-state index in [2.05, 4.69) is 50.0 Å². The molecule has 1 unspecified atom stereocenters. The van der Waals surface area contributed by atoms with Gasteiger partial charge in [0.05, 0.1) is 0 Å². The number of hydrogen-bond acceptors (Lipinski definition) is 6. The van der Waals surface area contributed by atoms with Gasteiger partial charge in [0.15, 0.2) is 11.5 Å². The molecule has 0 radical (unpaired) electrons. The molecule has 4 rings (SSSR count). The van der Waals surface area contributed by atoms with Gasteiger partial charge in [0, 0.05) is 38.3 Å². The second-order valence-electron chi connectivity index (χ2n) is 7.44. The highest BCUT2D eigenvalue weighted by Gasteiger charge is 2.12. The van der Waals surface area contributed by atoms with E-state index in [1.165, 1.54) is 5.56 Å². The molecule has 1 amide bonds. The molecule has 2 N–H and O–H groups in total. The second kappa shape index (κ2) is 9.80. The Bertz CT molecular complexity index is 1130. The number of aromatic nitrogens is 5. The molecule has 0 bridgehead atoms. The van der Waals surface area contributed by atoms with E-state index < -0.39 is 0 Å². The molecule has 1 atom stereocenters. The van der Waals surface area contributed by atoms with E-state index >= 15 is 0 Å². The Morgan fingerprint density at radius 1 is 1.06 bits per heavy atom. The van der Waals surface area contributed by atoms with Crippen LogP contribution in [0.3, 0.4) is 0 Å². The lowest BCUT2D eigenvalue weighted by Gasteiger charge is -2.12. The molecule has 3 heterocycles. The van der Waals surface area contributed by atoms with Crippen LogP contribution >= 0.6 is 0 Å². The smallest absolute Gasteiger partial charge is 0.220 e. The topological polar surface area (TPSA) is 97.1 Å². The van der Waals surface area contributed by atoms with Crippen molar-refractivity contribution in [2.75, 3.05) is 11.9 Å². The van der Waals surface area contributed by atoms with Crippen LogP contribution in [0.15, 0.2) is 67.0 Å². The average Bonchev–Trinajstić information content (AvgIpc) is 3.23. The molecule has 0 saturated heterocycles. The quantitative estimate of drug-likeness (QED) is 0.436. The highest BCUT2D eigenvalue weighted by Crippen LogP contribution is 2.13. The molecule has 8 nitrogen and oxygen atoms in total. The first-order valence-electron chi connectivity index (χ1n) is 10.3. The van der Waals surface area contributed by atoms with Crippen LogP contribution in [0, 0.1) is 0 Å². The molecular formula is C23H25N7O. The zero-order valence-corrected chi connectivity index (χ0v) is 17.4. The van der Waals surface area contributed by atoms with Crippen LogP contribution in [0.5, 0.6) is 0 Å². The van der Waals surface area contributed by atoms with E-state index in [1.807, 2.05) is 48.7 Å². The van der Waals surface area contributed by atoms with Gasteiger partial charge in [-0.05, 0) is 35.2 Å². The molecule has 0 spiro atoms. The fourth-order valence-corrected chi connectivity index (χ4v) is 3.26. The summed E-state index contributed by atoms with van der Waals surface area (Å²) in [6.45, 7) is 3.32. The lowest BCUT2D eigenvalue weighted by atomic mass is 10.0. The molecule has 31 heavy (non-hydrogen) atoms. The van der Waals surface area contributed by atoms with Gasteiger partial charge in [-0.3, -0.25) is 9.78 Å². The summed E-state index contributed by atoms with van der Waals surface area (Å²) in [5.74, 6) is 1.62. The molecule has 0 saturated carbocycles. The number of carbonyl (C=O) groups is 1. The molecule has 8 heteroatoms. The number of fused-ring (bicyclic) bond motifs is 1. The maximum absolute atomic E-state index is 12.3. The average molecular weight is 416 g/mol. The number of pyridine rings is 1. The van der Waals surface area contributed by atoms with Gasteiger partial charge in [-0.15, -0.1) is 15.3 Å². The third kappa shape index (κ3) is 5.42. The minimum absolute atomic E-state index is 0.00890. The van der Waals surface area contributed by atoms with Crippen molar-refractivity contribution in [2.24, 2.45) is 0 Å². The number of nitrogens with one attached hydrogen (secondary N) is 2. The zero-order chi connectivity index (χ0) is 21.5. The zero-order valence-electron chi connectivity index (χ0n) is 17.4. The Morgan fingerprint density at radius 3 is 2.74 bits per heavy atom. The summed E-state index contributed by atoms with van der Waals surface area (Å²) in [6, 6.07) is 17.8. The van der Waals surface area contributed by atoms with Crippen molar-refractivity contribution in [3.63, 3.8) is 0 Å². The maximum Gasteiger partial charge on any atom is 0.220 e. The molecule has 3 aromatic heterocycles. The third-order valence-corrected chi connectivity index (χ3v) is 5.07. The van der Waals surface area contributed by atoms with Crippen molar-refractivity contribution in [1.82, 2.24) is 30.1 Å². The van der Waals surface area contributed by atoms with Crippen LogP contribution < -0.4 is 10.6 Å². The Kier molecular flexibility index (Phi) is 6.47. The minimum atomic E-state index is -0.00890. The summed E-state index contributed by atoms with van der Waals surface area (Å²) in [5.41, 5.74) is 2.93. The number of nitrogens with zero attached hydrogens (tertiary/aromatic N) is 5. The van der Waals surface area contributed by atoms with Crippen molar-refractivity contribution in [1.29, 1.82) is 0 Å². The van der Waals surface area contributed by atoms with Gasteiger partial charge in [-0.25, -0.2) is 0 Å². The van der Waals surface area contributed by atoms with Crippen LogP contribution in [0.1, 0.15) is 36.2 Å². The normalized spacial score (nSPS) is 11.9. The predicted molar refractivity (Wildman–Crippen MR) is 119 cm³/mol. The molecule has 1 aromatic carbocycles. The van der Waals surface area contributed by atoms with Crippen LogP contribution in [0.25, 0.3) is 5.65 Å². The van der Waals surface area contributed by atoms with Crippen molar-refractivity contribution in [3.05, 3.63) is 83.9 Å². The van der Waals surface area contributed by atoms with Gasteiger partial charge in [0.25, 0.3) is 0 Å². The minimum Gasteiger partial charge on any atom is -0.364 e. The SMILES string of the molecule is CC(CNC(=O)CCc1nnc2ccc(NCc3cccnc3)nn12)c1ccccc1. The summed E-state index contributed by atoms with van der Waals surface area (Å²) in [5, 5.41) is 19.2. The lowest BCUT2D eigenvalue weighted by molar-refractivity contribution is -0.121. The van der Waals surface area contributed by atoms with Gasteiger partial charge in [-0.2, -0.15) is 4.52 Å². The van der Waals surface area contributed by atoms with E-state index in [0.717, 1.165) is 5.56 Å². The first-order chi connectivity index (χ1) is 15.2. The van der Waals surface area contributed by atoms with Crippen molar-refractivity contribution >= 4 is 17.4 Å². The van der Waals surface area contributed by atoms with Gasteiger partial charge < -0.3 is 10.6 Å². The Morgan fingerprint density at radius 2 is 1.94 bits per heavy atom. The third-order valence-electron chi connectivity index (χ3n) is 5.07. The maximum atomic E-state index is 12.3. The van der Waals surface area contributed by atoms with E-state index in [-0.39, 0.29) is 11.8 Å². The standard InChI is InChI=1S/C23H25N7O/c1-17(19-7-3-2-4-8-19)14-26-23(31)12-11-22-28-27-21-10-9-20(29-30(21)22)25-16-18-6-5-13-24-15-18/h2-10,13,15,17H,11-12,14,16H2,1H3,(H,25,29)(H,26,31). The number of benzene rings is 1. The highest BCUT2D eigenvalue weighted by molar-refractivity contribution is 5.76. The molecule has 0 aliphatic carbocycles. The van der Waals surface area contributed by atoms with E-state index in [9.17, 15) is 4.79 Å². The van der Waals surface area contributed by atoms with Gasteiger partial charge in [0.2, 0.25) is 5.91 Å². The van der Waals surface area contributed by atoms with Crippen LogP contribution in [0.4, 0.5) is 5.82 Å². The summed E-state index contributed by atoms with van der Waals surface area (Å²) in [6.07, 6.45) is 4.35. The van der Waals surface area contributed by atoms with Crippen molar-refractivity contribution < 1.29 is 4.79 Å². The van der Waals surface area contributed by atoms with Crippen LogP contribution in [-0.2, 0) is 17.8 Å². The molecule has 0 aliphatic rings. The van der Waals surface area contributed by atoms with E-state index in [4.69, 9.17) is 0 Å². The largest absolute Gasteiger partial charge is 0.364 e. The monoisotopic (exact) mass is 415 g/mol. The van der Waals surface area contributed by atoms with Crippen LogP contribution in [0.2, 0.25) is 0 Å². The van der Waals surface area contributed by atoms with Gasteiger partial charge >= 0.3 is 0 Å².